The first-order valence-corrected chi connectivity index (χ1v) is 9.81. The lowest BCUT2D eigenvalue weighted by atomic mass is 10.0. The quantitative estimate of drug-likeness (QED) is 0.658. The van der Waals surface area contributed by atoms with E-state index in [1.54, 1.807) is 66.7 Å². The molecule has 0 aromatic heterocycles. The van der Waals surface area contributed by atoms with Crippen molar-refractivity contribution in [3.8, 4) is 16.9 Å². The van der Waals surface area contributed by atoms with Crippen molar-refractivity contribution < 1.29 is 22.5 Å². The van der Waals surface area contributed by atoms with Crippen molar-refractivity contribution in [3.63, 3.8) is 0 Å². The van der Waals surface area contributed by atoms with Gasteiger partial charge >= 0.3 is 10.1 Å². The summed E-state index contributed by atoms with van der Waals surface area (Å²) in [4.78, 5) is 11.7. The summed E-state index contributed by atoms with van der Waals surface area (Å²) < 4.78 is 30.6. The van der Waals surface area contributed by atoms with Crippen LogP contribution in [0, 0.1) is 0 Å². The summed E-state index contributed by atoms with van der Waals surface area (Å²) in [6.07, 6.45) is 0. The van der Waals surface area contributed by atoms with Gasteiger partial charge in [-0.25, -0.2) is 0 Å². The van der Waals surface area contributed by atoms with Crippen LogP contribution in [0.5, 0.6) is 5.75 Å². The number of aliphatic hydroxyl groups excluding tert-OH is 1. The minimum atomic E-state index is -4.52. The lowest BCUT2D eigenvalue weighted by Gasteiger charge is -2.22. The molecule has 6 nitrogen and oxygen atoms in total. The van der Waals surface area contributed by atoms with E-state index in [-0.39, 0.29) is 11.3 Å². The summed E-state index contributed by atoms with van der Waals surface area (Å²) >= 11 is 0. The van der Waals surface area contributed by atoms with Crippen LogP contribution >= 0.6 is 0 Å². The molecule has 140 valence electrons. The molecule has 0 atom stereocenters. The summed E-state index contributed by atoms with van der Waals surface area (Å²) in [6, 6.07) is 22.2. The molecule has 7 heteroatoms. The van der Waals surface area contributed by atoms with Crippen molar-refractivity contribution >= 4 is 27.5 Å². The third kappa shape index (κ3) is 3.12. The van der Waals surface area contributed by atoms with E-state index in [1.165, 1.54) is 6.07 Å². The van der Waals surface area contributed by atoms with Crippen LogP contribution in [0.2, 0.25) is 0 Å². The normalized spacial score (nSPS) is 14.7. The third-order valence-corrected chi connectivity index (χ3v) is 5.52. The van der Waals surface area contributed by atoms with Crippen LogP contribution in [0.15, 0.2) is 83.8 Å². The number of nitrogens with one attached hydrogen (secondary N) is 1. The summed E-state index contributed by atoms with van der Waals surface area (Å²) in [6.45, 7) is 0. The number of amides is 1. The van der Waals surface area contributed by atoms with E-state index in [1.807, 2.05) is 6.07 Å². The number of hydrogen-bond donors (Lipinski definition) is 2. The molecule has 1 aliphatic heterocycles. The Morgan fingerprint density at radius 1 is 0.821 bits per heavy atom. The van der Waals surface area contributed by atoms with Gasteiger partial charge in [-0.3, -0.25) is 4.79 Å². The molecule has 2 N–H and O–H groups in total. The molecule has 0 bridgehead atoms. The fourth-order valence-electron chi connectivity index (χ4n) is 2.98. The van der Waals surface area contributed by atoms with Crippen molar-refractivity contribution in [1.82, 2.24) is 0 Å². The zero-order valence-electron chi connectivity index (χ0n) is 14.5. The van der Waals surface area contributed by atoms with Crippen molar-refractivity contribution in [2.75, 3.05) is 5.32 Å². The Hall–Kier alpha value is -3.58. The second-order valence-corrected chi connectivity index (χ2v) is 7.57. The van der Waals surface area contributed by atoms with Crippen LogP contribution in [-0.4, -0.2) is 19.4 Å². The minimum absolute atomic E-state index is 0.0116. The van der Waals surface area contributed by atoms with Gasteiger partial charge in [-0.05, 0) is 23.8 Å². The standard InChI is InChI=1S/C21H15NO5S/c23-18-17-13-7-12-16(14-8-3-1-4-9-14)19(17)27-28(25,26)20(18)21(24)22-15-10-5-2-6-11-15/h1-13,23H,(H,22,24). The van der Waals surface area contributed by atoms with Crippen molar-refractivity contribution in [2.24, 2.45) is 0 Å². The molecule has 0 unspecified atom stereocenters. The number of para-hydroxylation sites is 2. The van der Waals surface area contributed by atoms with Gasteiger partial charge in [0.1, 0.15) is 0 Å². The lowest BCUT2D eigenvalue weighted by molar-refractivity contribution is -0.112. The SMILES string of the molecule is O=C(Nc1ccccc1)C1=C(O)c2cccc(-c3ccccc3)c2OS1(=O)=O. The molecule has 1 amide bonds. The summed E-state index contributed by atoms with van der Waals surface area (Å²) in [5, 5.41) is 13.1. The van der Waals surface area contributed by atoms with E-state index in [0.717, 1.165) is 5.56 Å². The van der Waals surface area contributed by atoms with Gasteiger partial charge in [0.05, 0.1) is 5.56 Å². The molecule has 1 aliphatic rings. The first-order valence-electron chi connectivity index (χ1n) is 8.40. The maximum absolute atomic E-state index is 12.7. The topological polar surface area (TPSA) is 92.7 Å². The minimum Gasteiger partial charge on any atom is -0.505 e. The first kappa shape index (κ1) is 17.8. The molecule has 0 aliphatic carbocycles. The summed E-state index contributed by atoms with van der Waals surface area (Å²) in [5.74, 6) is -1.63. The van der Waals surface area contributed by atoms with Gasteiger partial charge in [-0.1, -0.05) is 60.7 Å². The van der Waals surface area contributed by atoms with Gasteiger partial charge in [0, 0.05) is 11.3 Å². The monoisotopic (exact) mass is 393 g/mol. The Kier molecular flexibility index (Phi) is 4.37. The van der Waals surface area contributed by atoms with E-state index in [2.05, 4.69) is 5.32 Å². The molecule has 0 spiro atoms. The van der Waals surface area contributed by atoms with Gasteiger partial charge in [0.25, 0.3) is 5.91 Å². The number of rotatable bonds is 3. The fourth-order valence-corrected chi connectivity index (χ4v) is 4.09. The van der Waals surface area contributed by atoms with Crippen LogP contribution in [0.25, 0.3) is 16.9 Å². The largest absolute Gasteiger partial charge is 0.505 e. The number of carbonyl (C=O) groups excluding carboxylic acids is 1. The molecule has 3 aromatic rings. The number of benzene rings is 3. The second-order valence-electron chi connectivity index (χ2n) is 6.08. The Labute approximate surface area is 161 Å². The maximum atomic E-state index is 12.7. The van der Waals surface area contributed by atoms with Crippen molar-refractivity contribution in [3.05, 3.63) is 89.3 Å². The summed E-state index contributed by atoms with van der Waals surface area (Å²) in [7, 11) is -4.52. The Morgan fingerprint density at radius 3 is 2.11 bits per heavy atom. The van der Waals surface area contributed by atoms with Crippen LogP contribution in [0.4, 0.5) is 5.69 Å². The molecule has 0 saturated carbocycles. The molecule has 0 fully saturated rings. The molecule has 0 saturated heterocycles. The lowest BCUT2D eigenvalue weighted by Crippen LogP contribution is -2.28. The van der Waals surface area contributed by atoms with Crippen LogP contribution in [-0.2, 0) is 14.9 Å². The van der Waals surface area contributed by atoms with E-state index in [4.69, 9.17) is 4.18 Å². The maximum Gasteiger partial charge on any atom is 0.348 e. The van der Waals surface area contributed by atoms with Crippen LogP contribution < -0.4 is 9.50 Å². The Morgan fingerprint density at radius 2 is 1.43 bits per heavy atom. The van der Waals surface area contributed by atoms with Crippen molar-refractivity contribution in [2.45, 2.75) is 0 Å². The highest BCUT2D eigenvalue weighted by Crippen LogP contribution is 2.42. The molecule has 1 heterocycles. The molecule has 28 heavy (non-hydrogen) atoms. The van der Waals surface area contributed by atoms with Gasteiger partial charge in [0.15, 0.2) is 11.5 Å². The number of fused-ring (bicyclic) bond motifs is 1. The second kappa shape index (κ2) is 6.86. The highest BCUT2D eigenvalue weighted by atomic mass is 32.2. The van der Waals surface area contributed by atoms with Gasteiger partial charge < -0.3 is 14.6 Å². The van der Waals surface area contributed by atoms with E-state index in [0.29, 0.717) is 11.3 Å². The Bertz CT molecular complexity index is 1190. The highest BCUT2D eigenvalue weighted by Gasteiger charge is 2.39. The van der Waals surface area contributed by atoms with E-state index >= 15 is 0 Å². The number of carbonyl (C=O) groups is 1. The van der Waals surface area contributed by atoms with E-state index in [9.17, 15) is 18.3 Å². The molecule has 0 radical (unpaired) electrons. The zero-order valence-corrected chi connectivity index (χ0v) is 15.3. The first-order chi connectivity index (χ1) is 13.5. The molecular weight excluding hydrogens is 378 g/mol. The third-order valence-electron chi connectivity index (χ3n) is 4.25. The highest BCUT2D eigenvalue weighted by molar-refractivity contribution is 7.92. The van der Waals surface area contributed by atoms with E-state index < -0.39 is 26.7 Å². The van der Waals surface area contributed by atoms with Gasteiger partial charge in [-0.2, -0.15) is 8.42 Å². The van der Waals surface area contributed by atoms with Crippen LogP contribution in [0.3, 0.4) is 0 Å². The predicted octanol–water partition coefficient (Wildman–Crippen LogP) is 3.94. The molecular formula is C21H15NO5S. The number of hydrogen-bond acceptors (Lipinski definition) is 5. The van der Waals surface area contributed by atoms with Crippen molar-refractivity contribution in [1.29, 1.82) is 0 Å². The zero-order chi connectivity index (χ0) is 19.7. The van der Waals surface area contributed by atoms with Crippen LogP contribution in [0.1, 0.15) is 5.56 Å². The Balaban J connectivity index is 1.83. The average Bonchev–Trinajstić information content (AvgIpc) is 2.68. The van der Waals surface area contributed by atoms with Gasteiger partial charge in [0.2, 0.25) is 4.91 Å². The summed E-state index contributed by atoms with van der Waals surface area (Å²) in [5.41, 5.74) is 1.75. The number of anilines is 1. The molecule has 4 rings (SSSR count). The smallest absolute Gasteiger partial charge is 0.348 e. The number of aliphatic hydroxyl groups is 1. The predicted molar refractivity (Wildman–Crippen MR) is 106 cm³/mol. The van der Waals surface area contributed by atoms with Gasteiger partial charge in [-0.15, -0.1) is 0 Å². The fraction of sp³-hybridized carbons (Fsp3) is 0. The molecule has 3 aromatic carbocycles. The average molecular weight is 393 g/mol.